The Labute approximate surface area is 190 Å². The number of carbonyl (C=O) groups excluding carboxylic acids is 1. The fourth-order valence-corrected chi connectivity index (χ4v) is 4.84. The molecule has 1 fully saturated rings. The van der Waals surface area contributed by atoms with E-state index in [4.69, 9.17) is 4.74 Å². The number of anilines is 1. The maximum absolute atomic E-state index is 14.0. The van der Waals surface area contributed by atoms with E-state index in [0.29, 0.717) is 25.9 Å². The molecule has 0 saturated carbocycles. The normalized spacial score (nSPS) is 15.1. The van der Waals surface area contributed by atoms with E-state index in [1.807, 2.05) is 0 Å². The lowest BCUT2D eigenvalue weighted by Gasteiger charge is -2.29. The van der Waals surface area contributed by atoms with Crippen LogP contribution in [0.2, 0.25) is 0 Å². The summed E-state index contributed by atoms with van der Waals surface area (Å²) >= 11 is 1.01. The van der Waals surface area contributed by atoms with Crippen LogP contribution in [-0.2, 0) is 20.8 Å². The van der Waals surface area contributed by atoms with Crippen LogP contribution in [0, 0.1) is 11.6 Å². The zero-order valence-electron chi connectivity index (χ0n) is 17.7. The Morgan fingerprint density at radius 1 is 1.31 bits per heavy atom. The Hall–Kier alpha value is -2.31. The van der Waals surface area contributed by atoms with E-state index in [9.17, 15) is 22.0 Å². The predicted molar refractivity (Wildman–Crippen MR) is 117 cm³/mol. The number of ketones is 1. The molecule has 1 aromatic carbocycles. The van der Waals surface area contributed by atoms with E-state index in [1.165, 1.54) is 29.4 Å². The first-order valence-electron chi connectivity index (χ1n) is 10.0. The molecule has 3 rings (SSSR count). The number of nitrogens with one attached hydrogen (secondary N) is 1. The van der Waals surface area contributed by atoms with Gasteiger partial charge in [-0.25, -0.2) is 13.8 Å². The molecule has 1 N–H and O–H groups in total. The second kappa shape index (κ2) is 10.5. The quantitative estimate of drug-likeness (QED) is 0.383. The fourth-order valence-electron chi connectivity index (χ4n) is 2.78. The van der Waals surface area contributed by atoms with Crippen molar-refractivity contribution in [2.24, 2.45) is 0 Å². The number of aromatic nitrogens is 2. The van der Waals surface area contributed by atoms with Gasteiger partial charge in [0.25, 0.3) is 0 Å². The van der Waals surface area contributed by atoms with Crippen LogP contribution in [0.25, 0.3) is 0 Å². The van der Waals surface area contributed by atoms with Crippen molar-refractivity contribution in [3.05, 3.63) is 41.5 Å². The Morgan fingerprint density at radius 2 is 2.06 bits per heavy atom. The fraction of sp³-hybridized carbons (Fsp3) is 0.450. The summed E-state index contributed by atoms with van der Waals surface area (Å²) in [5.41, 5.74) is 0.127. The van der Waals surface area contributed by atoms with E-state index < -0.39 is 21.8 Å². The number of halogens is 2. The van der Waals surface area contributed by atoms with E-state index in [2.05, 4.69) is 14.7 Å². The molecule has 12 heteroatoms. The molecule has 0 aliphatic carbocycles. The summed E-state index contributed by atoms with van der Waals surface area (Å²) in [6.07, 6.45) is 1.23. The van der Waals surface area contributed by atoms with Gasteiger partial charge in [-0.05, 0) is 32.8 Å². The summed E-state index contributed by atoms with van der Waals surface area (Å²) < 4.78 is 61.8. The Kier molecular flexibility index (Phi) is 8.01. The van der Waals surface area contributed by atoms with Gasteiger partial charge >= 0.3 is 10.2 Å². The van der Waals surface area contributed by atoms with E-state index in [1.54, 1.807) is 6.92 Å². The van der Waals surface area contributed by atoms with Crippen molar-refractivity contribution in [3.8, 4) is 5.88 Å². The lowest BCUT2D eigenvalue weighted by atomic mass is 10.2. The molecule has 8 nitrogen and oxygen atoms in total. The maximum Gasteiger partial charge on any atom is 0.302 e. The number of hydrogen-bond acceptors (Lipinski definition) is 7. The summed E-state index contributed by atoms with van der Waals surface area (Å²) in [7, 11) is -3.77. The van der Waals surface area contributed by atoms with Gasteiger partial charge in [-0.3, -0.25) is 4.72 Å². The molecule has 0 amide bonds. The lowest BCUT2D eigenvalue weighted by molar-refractivity contribution is -0.117. The van der Waals surface area contributed by atoms with Gasteiger partial charge in [0, 0.05) is 36.9 Å². The Bertz CT molecular complexity index is 1080. The molecule has 2 heterocycles. The standard InChI is InChI=1S/C20H24F2N4O4S2/c1-13(27)7-8-14(2)30-18-11-17(25-32(28,29)26-9-4-10-26)23-20(24-18)31-12-15-5-3-6-16(21)19(15)22/h3,5-6,11,14H,4,7-10,12H2,1-2H3,(H,23,24,25)/t14-/m1/s1. The zero-order chi connectivity index (χ0) is 23.3. The van der Waals surface area contributed by atoms with E-state index in [0.717, 1.165) is 24.2 Å². The number of benzene rings is 1. The molecule has 0 radical (unpaired) electrons. The first-order chi connectivity index (χ1) is 15.1. The number of rotatable bonds is 11. The summed E-state index contributed by atoms with van der Waals surface area (Å²) in [6, 6.07) is 5.23. The minimum absolute atomic E-state index is 0.00267. The Morgan fingerprint density at radius 3 is 2.72 bits per heavy atom. The van der Waals surface area contributed by atoms with Crippen molar-refractivity contribution < 1.29 is 26.7 Å². The van der Waals surface area contributed by atoms with Crippen LogP contribution in [0.5, 0.6) is 5.88 Å². The highest BCUT2D eigenvalue weighted by atomic mass is 32.2. The third kappa shape index (κ3) is 6.59. The minimum Gasteiger partial charge on any atom is -0.474 e. The van der Waals surface area contributed by atoms with Crippen molar-refractivity contribution >= 4 is 33.6 Å². The van der Waals surface area contributed by atoms with Gasteiger partial charge in [0.1, 0.15) is 11.6 Å². The Balaban J connectivity index is 1.80. The molecule has 0 spiro atoms. The largest absolute Gasteiger partial charge is 0.474 e. The van der Waals surface area contributed by atoms with Crippen LogP contribution in [0.4, 0.5) is 14.6 Å². The second-order valence-electron chi connectivity index (χ2n) is 7.40. The molecule has 0 unspecified atom stereocenters. The van der Waals surface area contributed by atoms with Gasteiger partial charge in [0.2, 0.25) is 5.88 Å². The maximum atomic E-state index is 14.0. The molecule has 1 aliphatic heterocycles. The van der Waals surface area contributed by atoms with Crippen molar-refractivity contribution in [2.45, 2.75) is 50.1 Å². The molecular weight excluding hydrogens is 462 g/mol. The highest BCUT2D eigenvalue weighted by molar-refractivity contribution is 7.98. The van der Waals surface area contributed by atoms with Crippen LogP contribution < -0.4 is 9.46 Å². The predicted octanol–water partition coefficient (Wildman–Crippen LogP) is 3.55. The third-order valence-corrected chi connectivity index (χ3v) is 7.09. The number of carbonyl (C=O) groups is 1. The van der Waals surface area contributed by atoms with Crippen molar-refractivity contribution in [2.75, 3.05) is 17.8 Å². The van der Waals surface area contributed by atoms with Gasteiger partial charge in [-0.2, -0.15) is 17.7 Å². The molecule has 1 aliphatic rings. The first-order valence-corrected chi connectivity index (χ1v) is 12.5. The average Bonchev–Trinajstić information content (AvgIpc) is 2.65. The summed E-state index contributed by atoms with van der Waals surface area (Å²) in [6.45, 7) is 4.10. The van der Waals surface area contributed by atoms with Crippen LogP contribution in [0.1, 0.15) is 38.7 Å². The van der Waals surface area contributed by atoms with Gasteiger partial charge in [0.05, 0.1) is 6.10 Å². The zero-order valence-corrected chi connectivity index (χ0v) is 19.3. The molecule has 0 bridgehead atoms. The molecular formula is C20H24F2N4O4S2. The average molecular weight is 487 g/mol. The highest BCUT2D eigenvalue weighted by Gasteiger charge is 2.28. The van der Waals surface area contributed by atoms with Gasteiger partial charge in [-0.1, -0.05) is 23.9 Å². The second-order valence-corrected chi connectivity index (χ2v) is 10.0. The summed E-state index contributed by atoms with van der Waals surface area (Å²) in [5.74, 6) is -1.74. The molecule has 1 saturated heterocycles. The SMILES string of the molecule is CC(=O)CC[C@@H](C)Oc1cc(NS(=O)(=O)N2CCC2)nc(SCc2cccc(F)c2F)n1. The molecule has 2 aromatic rings. The number of ether oxygens (including phenoxy) is 1. The van der Waals surface area contributed by atoms with Crippen LogP contribution in [0.3, 0.4) is 0 Å². The van der Waals surface area contributed by atoms with Crippen molar-refractivity contribution in [1.82, 2.24) is 14.3 Å². The summed E-state index contributed by atoms with van der Waals surface area (Å²) in [5, 5.41) is 0.131. The van der Waals surface area contributed by atoms with Crippen molar-refractivity contribution in [1.29, 1.82) is 0 Å². The monoisotopic (exact) mass is 486 g/mol. The first kappa shape index (κ1) is 24.3. The molecule has 32 heavy (non-hydrogen) atoms. The third-order valence-electron chi connectivity index (χ3n) is 4.68. The number of nitrogens with zero attached hydrogens (tertiary/aromatic N) is 3. The summed E-state index contributed by atoms with van der Waals surface area (Å²) in [4.78, 5) is 19.7. The topological polar surface area (TPSA) is 101 Å². The van der Waals surface area contributed by atoms with E-state index in [-0.39, 0.29) is 40.1 Å². The molecule has 174 valence electrons. The number of hydrogen-bond donors (Lipinski definition) is 1. The van der Waals surface area contributed by atoms with Crippen LogP contribution in [-0.4, -0.2) is 47.7 Å². The van der Waals surface area contributed by atoms with Crippen LogP contribution >= 0.6 is 11.8 Å². The smallest absolute Gasteiger partial charge is 0.302 e. The van der Waals surface area contributed by atoms with Gasteiger partial charge in [-0.15, -0.1) is 0 Å². The molecule has 1 atom stereocenters. The number of thioether (sulfide) groups is 1. The number of Topliss-reactive ketones (excluding diaryl/α,β-unsaturated/α-hetero) is 1. The minimum atomic E-state index is -3.77. The lowest BCUT2D eigenvalue weighted by Crippen LogP contribution is -2.45. The van der Waals surface area contributed by atoms with Gasteiger partial charge in [0.15, 0.2) is 16.8 Å². The van der Waals surface area contributed by atoms with Crippen LogP contribution in [0.15, 0.2) is 29.4 Å². The van der Waals surface area contributed by atoms with Gasteiger partial charge < -0.3 is 9.53 Å². The molecule has 1 aromatic heterocycles. The highest BCUT2D eigenvalue weighted by Crippen LogP contribution is 2.27. The van der Waals surface area contributed by atoms with Crippen molar-refractivity contribution in [3.63, 3.8) is 0 Å². The van der Waals surface area contributed by atoms with E-state index >= 15 is 0 Å².